The SMILES string of the molecule is CCCN(CCO)C[P+](C)(OC)OCC. The molecule has 0 saturated heterocycles. The molecule has 0 saturated carbocycles. The first kappa shape index (κ1) is 15.3. The van der Waals surface area contributed by atoms with Crippen molar-refractivity contribution in [2.24, 2.45) is 0 Å². The molecule has 0 aromatic rings. The number of nitrogens with zero attached hydrogens (tertiary/aromatic N) is 1. The topological polar surface area (TPSA) is 41.9 Å². The fraction of sp³-hybridized carbons (Fsp3) is 1.00. The van der Waals surface area contributed by atoms with Crippen LogP contribution in [0.3, 0.4) is 0 Å². The summed E-state index contributed by atoms with van der Waals surface area (Å²) in [4.78, 5) is 2.20. The van der Waals surface area contributed by atoms with Crippen LogP contribution in [-0.2, 0) is 9.05 Å². The highest BCUT2D eigenvalue weighted by Crippen LogP contribution is 2.56. The van der Waals surface area contributed by atoms with Crippen molar-refractivity contribution in [2.45, 2.75) is 20.3 Å². The van der Waals surface area contributed by atoms with Gasteiger partial charge in [-0.2, -0.15) is 0 Å². The quantitative estimate of drug-likeness (QED) is 0.622. The van der Waals surface area contributed by atoms with E-state index in [2.05, 4.69) is 11.8 Å². The first-order valence-electron chi connectivity index (χ1n) is 5.50. The molecule has 0 aliphatic carbocycles. The van der Waals surface area contributed by atoms with Crippen LogP contribution in [0.1, 0.15) is 20.3 Å². The molecular formula is C10H25NO3P+. The Kier molecular flexibility index (Phi) is 8.58. The standard InChI is InChI=1S/C10H25NO3P/c1-5-7-11(8-9-12)10-15(4,13-3)14-6-2/h12H,5-10H2,1-4H3/q+1. The van der Waals surface area contributed by atoms with Crippen molar-refractivity contribution in [3.63, 3.8) is 0 Å². The molecular weight excluding hydrogens is 213 g/mol. The largest absolute Gasteiger partial charge is 0.395 e. The van der Waals surface area contributed by atoms with Gasteiger partial charge in [-0.3, -0.25) is 4.90 Å². The van der Waals surface area contributed by atoms with Gasteiger partial charge in [0.1, 0.15) is 6.66 Å². The van der Waals surface area contributed by atoms with Crippen molar-refractivity contribution in [1.29, 1.82) is 0 Å². The molecule has 0 fully saturated rings. The summed E-state index contributed by atoms with van der Waals surface area (Å²) in [6.45, 7) is 8.69. The molecule has 0 aromatic heterocycles. The van der Waals surface area contributed by atoms with Gasteiger partial charge in [0.25, 0.3) is 7.72 Å². The summed E-state index contributed by atoms with van der Waals surface area (Å²) in [7, 11) is -0.0501. The van der Waals surface area contributed by atoms with Crippen molar-refractivity contribution < 1.29 is 14.2 Å². The second kappa shape index (κ2) is 8.43. The Labute approximate surface area is 94.1 Å². The van der Waals surface area contributed by atoms with Crippen LogP contribution < -0.4 is 0 Å². The van der Waals surface area contributed by atoms with E-state index in [1.165, 1.54) is 0 Å². The molecule has 0 radical (unpaired) electrons. The minimum absolute atomic E-state index is 0.190. The monoisotopic (exact) mass is 238 g/mol. The highest BCUT2D eigenvalue weighted by atomic mass is 31.2. The van der Waals surface area contributed by atoms with Crippen LogP contribution in [0.15, 0.2) is 0 Å². The third-order valence-electron chi connectivity index (χ3n) is 2.20. The molecule has 15 heavy (non-hydrogen) atoms. The zero-order chi connectivity index (χ0) is 11.7. The van der Waals surface area contributed by atoms with E-state index in [0.717, 1.165) is 19.3 Å². The molecule has 1 atom stereocenters. The van der Waals surface area contributed by atoms with Crippen LogP contribution in [0.25, 0.3) is 0 Å². The summed E-state index contributed by atoms with van der Waals surface area (Å²) in [5, 5.41) is 8.95. The van der Waals surface area contributed by atoms with E-state index >= 15 is 0 Å². The summed E-state index contributed by atoms with van der Waals surface area (Å²) < 4.78 is 11.1. The van der Waals surface area contributed by atoms with Crippen LogP contribution in [0, 0.1) is 0 Å². The third kappa shape index (κ3) is 6.44. The second-order valence-corrected chi connectivity index (χ2v) is 6.53. The summed E-state index contributed by atoms with van der Waals surface area (Å²) in [6.07, 6.45) is 1.88. The Morgan fingerprint density at radius 2 is 1.93 bits per heavy atom. The van der Waals surface area contributed by atoms with Crippen molar-refractivity contribution in [3.05, 3.63) is 0 Å². The van der Waals surface area contributed by atoms with E-state index in [-0.39, 0.29) is 6.61 Å². The molecule has 0 bridgehead atoms. The highest BCUT2D eigenvalue weighted by Gasteiger charge is 2.36. The minimum Gasteiger partial charge on any atom is -0.395 e. The molecule has 0 aliphatic rings. The average Bonchev–Trinajstić information content (AvgIpc) is 2.19. The Hall–Kier alpha value is 0.270. The molecule has 0 aromatic carbocycles. The van der Waals surface area contributed by atoms with Crippen LogP contribution >= 0.6 is 7.72 Å². The molecule has 0 amide bonds. The molecule has 92 valence electrons. The first-order chi connectivity index (χ1) is 7.11. The van der Waals surface area contributed by atoms with Crippen LogP contribution in [0.2, 0.25) is 0 Å². The zero-order valence-corrected chi connectivity index (χ0v) is 11.3. The lowest BCUT2D eigenvalue weighted by molar-refractivity contribution is 0.197. The van der Waals surface area contributed by atoms with E-state index in [0.29, 0.717) is 13.2 Å². The van der Waals surface area contributed by atoms with Gasteiger partial charge in [-0.05, 0) is 13.3 Å². The number of hydrogen-bond acceptors (Lipinski definition) is 4. The second-order valence-electron chi connectivity index (χ2n) is 3.60. The predicted octanol–water partition coefficient (Wildman–Crippen LogP) is 1.81. The lowest BCUT2D eigenvalue weighted by Crippen LogP contribution is -2.31. The fourth-order valence-corrected chi connectivity index (χ4v) is 3.36. The smallest absolute Gasteiger partial charge is 0.285 e. The van der Waals surface area contributed by atoms with Crippen LogP contribution in [0.5, 0.6) is 0 Å². The number of hydrogen-bond donors (Lipinski definition) is 1. The minimum atomic E-state index is -1.75. The van der Waals surface area contributed by atoms with Gasteiger partial charge in [0.05, 0.1) is 20.3 Å². The van der Waals surface area contributed by atoms with Crippen LogP contribution in [-0.4, -0.2) is 56.4 Å². The molecule has 0 heterocycles. The van der Waals surface area contributed by atoms with Crippen molar-refractivity contribution >= 4 is 7.72 Å². The maximum atomic E-state index is 8.95. The van der Waals surface area contributed by atoms with Gasteiger partial charge in [-0.25, -0.2) is 9.05 Å². The van der Waals surface area contributed by atoms with E-state index in [1.807, 2.05) is 13.6 Å². The van der Waals surface area contributed by atoms with Crippen molar-refractivity contribution in [1.82, 2.24) is 4.90 Å². The Morgan fingerprint density at radius 3 is 2.33 bits per heavy atom. The average molecular weight is 238 g/mol. The summed E-state index contributed by atoms with van der Waals surface area (Å²) in [6, 6.07) is 0. The van der Waals surface area contributed by atoms with E-state index < -0.39 is 7.72 Å². The maximum Gasteiger partial charge on any atom is 0.285 e. The van der Waals surface area contributed by atoms with E-state index in [1.54, 1.807) is 7.11 Å². The number of rotatable bonds is 9. The summed E-state index contributed by atoms with van der Waals surface area (Å²) in [5.74, 6) is 0. The van der Waals surface area contributed by atoms with Crippen molar-refractivity contribution in [3.8, 4) is 0 Å². The first-order valence-corrected chi connectivity index (χ1v) is 7.76. The van der Waals surface area contributed by atoms with Gasteiger partial charge >= 0.3 is 0 Å². The van der Waals surface area contributed by atoms with Crippen LogP contribution in [0.4, 0.5) is 0 Å². The molecule has 1 N–H and O–H groups in total. The van der Waals surface area contributed by atoms with Gasteiger partial charge in [0, 0.05) is 13.1 Å². The Balaban J connectivity index is 4.19. The Morgan fingerprint density at radius 1 is 1.27 bits per heavy atom. The molecule has 5 heteroatoms. The lowest BCUT2D eigenvalue weighted by Gasteiger charge is -2.25. The summed E-state index contributed by atoms with van der Waals surface area (Å²) >= 11 is 0. The van der Waals surface area contributed by atoms with Gasteiger partial charge in [-0.15, -0.1) is 0 Å². The van der Waals surface area contributed by atoms with E-state index in [4.69, 9.17) is 14.2 Å². The fourth-order valence-electron chi connectivity index (χ4n) is 1.50. The lowest BCUT2D eigenvalue weighted by atomic mass is 10.4. The molecule has 0 rings (SSSR count). The predicted molar refractivity (Wildman–Crippen MR) is 65.3 cm³/mol. The number of aliphatic hydroxyl groups is 1. The molecule has 1 unspecified atom stereocenters. The summed E-state index contributed by atoms with van der Waals surface area (Å²) in [5.41, 5.74) is 0. The highest BCUT2D eigenvalue weighted by molar-refractivity contribution is 7.65. The van der Waals surface area contributed by atoms with Crippen molar-refractivity contribution in [2.75, 3.05) is 46.4 Å². The normalized spacial score (nSPS) is 15.6. The zero-order valence-electron chi connectivity index (χ0n) is 10.4. The maximum absolute atomic E-state index is 8.95. The van der Waals surface area contributed by atoms with Gasteiger partial charge < -0.3 is 5.11 Å². The van der Waals surface area contributed by atoms with E-state index in [9.17, 15) is 0 Å². The Bertz CT molecular complexity index is 154. The van der Waals surface area contributed by atoms with Gasteiger partial charge in [-0.1, -0.05) is 6.92 Å². The third-order valence-corrected chi connectivity index (χ3v) is 4.69. The van der Waals surface area contributed by atoms with Gasteiger partial charge in [0.2, 0.25) is 0 Å². The number of aliphatic hydroxyl groups excluding tert-OH is 1. The molecule has 4 nitrogen and oxygen atoms in total. The molecule has 0 aliphatic heterocycles. The van der Waals surface area contributed by atoms with Gasteiger partial charge in [0.15, 0.2) is 6.29 Å². The molecule has 0 spiro atoms.